The zero-order chi connectivity index (χ0) is 20.6. The number of halogens is 2. The smallest absolute Gasteiger partial charge is 0.275 e. The van der Waals surface area contributed by atoms with Crippen LogP contribution in [0, 0.1) is 12.7 Å². The molecular weight excluding hydrogens is 380 g/mol. The van der Waals surface area contributed by atoms with Gasteiger partial charge in [0.05, 0.1) is 30.3 Å². The minimum absolute atomic E-state index is 0.0806. The molecule has 0 aliphatic carbocycles. The molecule has 1 saturated heterocycles. The van der Waals surface area contributed by atoms with E-state index in [9.17, 15) is 13.6 Å². The first-order valence-electron chi connectivity index (χ1n) is 9.24. The van der Waals surface area contributed by atoms with Crippen LogP contribution in [0.4, 0.5) is 20.3 Å². The summed E-state index contributed by atoms with van der Waals surface area (Å²) in [7, 11) is 1.72. The lowest BCUT2D eigenvalue weighted by Gasteiger charge is -2.21. The Morgan fingerprint density at radius 1 is 1.31 bits per heavy atom. The third kappa shape index (κ3) is 3.88. The average Bonchev–Trinajstić information content (AvgIpc) is 3.25. The Morgan fingerprint density at radius 2 is 2.14 bits per heavy atom. The molecule has 4 rings (SSSR count). The fraction of sp³-hybridized carbons (Fsp3) is 0.368. The van der Waals surface area contributed by atoms with Gasteiger partial charge in [0.1, 0.15) is 17.2 Å². The van der Waals surface area contributed by atoms with Crippen molar-refractivity contribution in [1.29, 1.82) is 0 Å². The van der Waals surface area contributed by atoms with Crippen LogP contribution in [0.3, 0.4) is 0 Å². The number of aromatic nitrogens is 4. The maximum Gasteiger partial charge on any atom is 0.275 e. The van der Waals surface area contributed by atoms with E-state index in [1.807, 2.05) is 0 Å². The van der Waals surface area contributed by atoms with Crippen molar-refractivity contribution in [3.8, 4) is 0 Å². The summed E-state index contributed by atoms with van der Waals surface area (Å²) in [4.78, 5) is 26.7. The Hall–Kier alpha value is -3.14. The molecule has 0 spiro atoms. The summed E-state index contributed by atoms with van der Waals surface area (Å²) in [6.45, 7) is 2.78. The largest absolute Gasteiger partial charge is 0.352 e. The van der Waals surface area contributed by atoms with E-state index in [0.29, 0.717) is 24.5 Å². The number of hydrogen-bond acceptors (Lipinski definition) is 6. The molecule has 8 nitrogen and oxygen atoms in total. The quantitative estimate of drug-likeness (QED) is 0.680. The normalized spacial score (nSPS) is 19.1. The van der Waals surface area contributed by atoms with Gasteiger partial charge in [-0.15, -0.1) is 0 Å². The maximum atomic E-state index is 14.6. The first-order chi connectivity index (χ1) is 13.9. The molecule has 0 aromatic carbocycles. The number of amides is 1. The molecular formula is C19H21F2N7O. The molecule has 152 valence electrons. The zero-order valence-corrected chi connectivity index (χ0v) is 16.1. The SMILES string of the molecule is CNCC1(F)CCN(c2cnc(C(=O)Nc3cc(F)c4nc(C)cn4c3)cn2)C1. The molecule has 1 fully saturated rings. The van der Waals surface area contributed by atoms with Crippen LogP contribution >= 0.6 is 0 Å². The molecule has 1 aliphatic rings. The number of nitrogens with one attached hydrogen (secondary N) is 2. The van der Waals surface area contributed by atoms with E-state index in [1.54, 1.807) is 31.3 Å². The number of aryl methyl sites for hydroxylation is 1. The number of pyridine rings is 1. The van der Waals surface area contributed by atoms with Crippen LogP contribution in [0.2, 0.25) is 0 Å². The molecule has 0 saturated carbocycles. The van der Waals surface area contributed by atoms with Crippen LogP contribution in [0.1, 0.15) is 22.6 Å². The van der Waals surface area contributed by atoms with Crippen LogP contribution in [0.5, 0.6) is 0 Å². The molecule has 1 aliphatic heterocycles. The second-order valence-corrected chi connectivity index (χ2v) is 7.26. The number of alkyl halides is 1. The number of carbonyl (C=O) groups excluding carboxylic acids is 1. The molecule has 10 heteroatoms. The summed E-state index contributed by atoms with van der Waals surface area (Å²) in [5.41, 5.74) is -0.0877. The number of hydrogen-bond donors (Lipinski definition) is 2. The van der Waals surface area contributed by atoms with Gasteiger partial charge in [-0.2, -0.15) is 0 Å². The van der Waals surface area contributed by atoms with E-state index in [2.05, 4.69) is 25.6 Å². The molecule has 4 heterocycles. The lowest BCUT2D eigenvalue weighted by Crippen LogP contribution is -2.38. The van der Waals surface area contributed by atoms with Gasteiger partial charge in [-0.1, -0.05) is 0 Å². The van der Waals surface area contributed by atoms with Crippen molar-refractivity contribution in [2.45, 2.75) is 19.0 Å². The van der Waals surface area contributed by atoms with Gasteiger partial charge in [-0.05, 0) is 14.0 Å². The van der Waals surface area contributed by atoms with E-state index >= 15 is 0 Å². The van der Waals surface area contributed by atoms with Crippen LogP contribution in [0.15, 0.2) is 30.9 Å². The van der Waals surface area contributed by atoms with Crippen molar-refractivity contribution < 1.29 is 13.6 Å². The number of nitrogens with zero attached hydrogens (tertiary/aromatic N) is 5. The first kappa shape index (κ1) is 19.2. The minimum atomic E-state index is -1.30. The van der Waals surface area contributed by atoms with Crippen LogP contribution in [-0.2, 0) is 0 Å². The minimum Gasteiger partial charge on any atom is -0.352 e. The molecule has 29 heavy (non-hydrogen) atoms. The van der Waals surface area contributed by atoms with Crippen molar-refractivity contribution in [1.82, 2.24) is 24.7 Å². The lowest BCUT2D eigenvalue weighted by molar-refractivity contribution is 0.102. The first-order valence-corrected chi connectivity index (χ1v) is 9.24. The maximum absolute atomic E-state index is 14.6. The molecule has 3 aromatic rings. The summed E-state index contributed by atoms with van der Waals surface area (Å²) in [5, 5.41) is 5.47. The Kier molecular flexibility index (Phi) is 4.87. The van der Waals surface area contributed by atoms with Gasteiger partial charge in [0.15, 0.2) is 11.5 Å². The van der Waals surface area contributed by atoms with Crippen molar-refractivity contribution >= 4 is 23.1 Å². The standard InChI is InChI=1S/C19H21F2N7O/c1-12-8-28-9-13(5-14(20)17(28)25-12)26-18(29)15-6-24-16(7-23-15)27-4-3-19(21,11-27)10-22-2/h5-9,22H,3-4,10-11H2,1-2H3,(H,26,29). The highest BCUT2D eigenvalue weighted by atomic mass is 19.1. The van der Waals surface area contributed by atoms with Crippen LogP contribution in [-0.4, -0.2) is 57.6 Å². The summed E-state index contributed by atoms with van der Waals surface area (Å²) in [6, 6.07) is 1.20. The van der Waals surface area contributed by atoms with E-state index in [1.165, 1.54) is 22.9 Å². The molecule has 0 radical (unpaired) electrons. The van der Waals surface area contributed by atoms with Gasteiger partial charge in [0, 0.05) is 38.0 Å². The summed E-state index contributed by atoms with van der Waals surface area (Å²) >= 11 is 0. The van der Waals surface area contributed by atoms with E-state index < -0.39 is 17.4 Å². The second kappa shape index (κ2) is 7.36. The molecule has 1 atom stereocenters. The number of anilines is 2. The third-order valence-electron chi connectivity index (χ3n) is 4.88. The van der Waals surface area contributed by atoms with Gasteiger partial charge in [0.2, 0.25) is 0 Å². The highest BCUT2D eigenvalue weighted by molar-refractivity contribution is 6.02. The fourth-order valence-corrected chi connectivity index (χ4v) is 3.54. The van der Waals surface area contributed by atoms with Gasteiger partial charge in [-0.3, -0.25) is 4.79 Å². The summed E-state index contributed by atoms with van der Waals surface area (Å²) in [6.07, 6.45) is 6.42. The van der Waals surface area contributed by atoms with Crippen molar-refractivity contribution in [3.05, 3.63) is 48.1 Å². The predicted molar refractivity (Wildman–Crippen MR) is 104 cm³/mol. The van der Waals surface area contributed by atoms with Crippen molar-refractivity contribution in [3.63, 3.8) is 0 Å². The third-order valence-corrected chi connectivity index (χ3v) is 4.88. The van der Waals surface area contributed by atoms with E-state index in [4.69, 9.17) is 0 Å². The molecule has 1 unspecified atom stereocenters. The number of fused-ring (bicyclic) bond motifs is 1. The number of rotatable bonds is 5. The second-order valence-electron chi connectivity index (χ2n) is 7.26. The molecule has 3 aromatic heterocycles. The molecule has 2 N–H and O–H groups in total. The highest BCUT2D eigenvalue weighted by Gasteiger charge is 2.38. The summed E-state index contributed by atoms with van der Waals surface area (Å²) < 4.78 is 30.3. The monoisotopic (exact) mass is 401 g/mol. The van der Waals surface area contributed by atoms with Crippen molar-refractivity contribution in [2.24, 2.45) is 0 Å². The van der Waals surface area contributed by atoms with Gasteiger partial charge in [-0.25, -0.2) is 23.7 Å². The Labute approximate surface area is 166 Å². The topological polar surface area (TPSA) is 87.5 Å². The zero-order valence-electron chi connectivity index (χ0n) is 16.1. The predicted octanol–water partition coefficient (Wildman–Crippen LogP) is 1.96. The van der Waals surface area contributed by atoms with Crippen LogP contribution in [0.25, 0.3) is 5.65 Å². The Morgan fingerprint density at radius 3 is 2.86 bits per heavy atom. The van der Waals surface area contributed by atoms with Crippen molar-refractivity contribution in [2.75, 3.05) is 36.9 Å². The number of carbonyl (C=O) groups is 1. The van der Waals surface area contributed by atoms with Gasteiger partial charge in [0.25, 0.3) is 5.91 Å². The lowest BCUT2D eigenvalue weighted by atomic mass is 10.1. The average molecular weight is 401 g/mol. The highest BCUT2D eigenvalue weighted by Crippen LogP contribution is 2.28. The molecule has 1 amide bonds. The van der Waals surface area contributed by atoms with E-state index in [-0.39, 0.29) is 30.1 Å². The number of imidazole rings is 1. The summed E-state index contributed by atoms with van der Waals surface area (Å²) in [5.74, 6) is -0.544. The van der Waals surface area contributed by atoms with Gasteiger partial charge >= 0.3 is 0 Å². The van der Waals surface area contributed by atoms with Gasteiger partial charge < -0.3 is 19.9 Å². The Bertz CT molecular complexity index is 1050. The van der Waals surface area contributed by atoms with Crippen LogP contribution < -0.4 is 15.5 Å². The Balaban J connectivity index is 1.46. The fourth-order valence-electron chi connectivity index (χ4n) is 3.54. The van der Waals surface area contributed by atoms with E-state index in [0.717, 1.165) is 0 Å². The molecule has 0 bridgehead atoms.